The van der Waals surface area contributed by atoms with Crippen molar-refractivity contribution in [1.82, 2.24) is 5.06 Å². The van der Waals surface area contributed by atoms with Crippen LogP contribution in [0.5, 0.6) is 0 Å². The van der Waals surface area contributed by atoms with Gasteiger partial charge in [-0.3, -0.25) is 18.0 Å². The van der Waals surface area contributed by atoms with Crippen molar-refractivity contribution in [2.45, 2.75) is 99.7 Å². The molecule has 2 amide bonds. The van der Waals surface area contributed by atoms with E-state index < -0.39 is 112 Å². The fourth-order valence-corrected chi connectivity index (χ4v) is 12.7. The molecule has 3 heterocycles. The minimum absolute atomic E-state index is 0. The Labute approximate surface area is 635 Å². The number of carbonyl (C=O) groups is 3. The van der Waals surface area contributed by atoms with Crippen LogP contribution in [0.15, 0.2) is 113 Å². The molecular weight excluding hydrogens is 1350 g/mol. The number of aryl methyl sites for hydroxylation is 1. The number of nitrogens with zero attached hydrogens (tertiary/aromatic N) is 3. The molecule has 0 spiro atoms. The van der Waals surface area contributed by atoms with E-state index in [1.165, 1.54) is 12.1 Å². The van der Waals surface area contributed by atoms with E-state index in [0.29, 0.717) is 71.8 Å². The summed E-state index contributed by atoms with van der Waals surface area (Å²) in [6.07, 6.45) is 7.65. The Morgan fingerprint density at radius 2 is 1.28 bits per heavy atom. The molecule has 3 aliphatic heterocycles. The molecule has 0 bridgehead atoms. The number of anilines is 1. The van der Waals surface area contributed by atoms with Crippen LogP contribution in [0, 0.1) is 12.1 Å². The van der Waals surface area contributed by atoms with Gasteiger partial charge in [-0.25, -0.2) is 30.0 Å². The molecule has 90 heavy (non-hydrogen) atoms. The first-order chi connectivity index (χ1) is 39.4. The second-order valence-electron chi connectivity index (χ2n) is 20.4. The molecule has 0 radical (unpaired) electrons. The summed E-state index contributed by atoms with van der Waals surface area (Å²) in [5.74, 6) is -3.26. The molecule has 5 aromatic carbocycles. The number of fused-ring (bicyclic) bond motifs is 6. The van der Waals surface area contributed by atoms with E-state index in [2.05, 4.69) is 12.1 Å². The van der Waals surface area contributed by atoms with Gasteiger partial charge in [-0.2, -0.15) is 22.8 Å². The van der Waals surface area contributed by atoms with Crippen LogP contribution in [-0.4, -0.2) is 135 Å². The quantitative estimate of drug-likeness (QED) is 0.0133. The fourth-order valence-electron chi connectivity index (χ4n) is 10.5. The summed E-state index contributed by atoms with van der Waals surface area (Å²) < 4.78 is 197. The predicted molar refractivity (Wildman–Crippen MR) is 299 cm³/mol. The first-order valence-corrected chi connectivity index (χ1v) is 33.4. The summed E-state index contributed by atoms with van der Waals surface area (Å²) in [4.78, 5) is 43.4. The largest absolute Gasteiger partial charge is 1.00 e. The number of hydrogen-bond acceptors (Lipinski definition) is 23. The molecule has 0 N–H and O–H groups in total. The number of benzene rings is 5. The first kappa shape index (κ1) is 85.8. The van der Waals surface area contributed by atoms with Gasteiger partial charge < -0.3 is 27.9 Å². The molecule has 456 valence electrons. The molecule has 0 saturated carbocycles. The minimum atomic E-state index is -4.94. The van der Waals surface area contributed by atoms with Gasteiger partial charge in [-0.15, -0.1) is 70.7 Å². The molecule has 0 unspecified atom stereocenters. The molecule has 25 nitrogen and oxygen atoms in total. The van der Waals surface area contributed by atoms with E-state index in [-0.39, 0.29) is 218 Å². The van der Waals surface area contributed by atoms with Gasteiger partial charge in [0.1, 0.15) is 6.54 Å². The van der Waals surface area contributed by atoms with Crippen molar-refractivity contribution in [2.24, 2.45) is 0 Å². The van der Waals surface area contributed by atoms with Gasteiger partial charge in [0, 0.05) is 65.8 Å². The Kier molecular flexibility index (Phi) is 34.0. The maximum absolute atomic E-state index is 12.9. The van der Waals surface area contributed by atoms with Crippen LogP contribution in [0.25, 0.3) is 27.1 Å². The number of hydrogen-bond donors (Lipinski definition) is 0. The molecule has 0 atom stereocenters. The number of unbranched alkanes of at least 4 members (excludes halogenated alkanes) is 2. The topological polar surface area (TPSA) is 401 Å². The van der Waals surface area contributed by atoms with Gasteiger partial charge in [0.15, 0.2) is 11.4 Å². The Hall–Kier alpha value is -2.20. The molecule has 36 heteroatoms. The van der Waals surface area contributed by atoms with Crippen LogP contribution in [-0.2, 0) is 98.2 Å². The molecule has 1 fully saturated rings. The van der Waals surface area contributed by atoms with Crippen LogP contribution in [0.4, 0.5) is 11.4 Å². The van der Waals surface area contributed by atoms with Gasteiger partial charge in [0.25, 0.3) is 11.8 Å². The molecule has 3 aliphatic rings. The van der Waals surface area contributed by atoms with E-state index in [1.807, 2.05) is 79.7 Å². The van der Waals surface area contributed by atoms with Crippen molar-refractivity contribution in [2.75, 3.05) is 29.5 Å². The van der Waals surface area contributed by atoms with Crippen LogP contribution in [0.1, 0.15) is 94.9 Å². The molecular formula is C54H52N3Na5O22S6. The SMILES string of the molecule is CC1(C)C(/C=C/C(=C/C=C2/N(CCCCS(=O)(=O)[O-])c3ccc4c(S(=O)(=O)[O-])c[c-]cc4c3C2(C)C)c2cccc(CCC(=O)ON3C(=O)CCC3=O)c2)=[N+](CCCCS(=O)(=O)[O-])c2ccc3[c-]cc(S(=O)(=O)[O-])cc3c21.O=S(=O)=O.O=S(=O)=O.[Na+].[Na+].[Na+].[Na+].[Na+]. The van der Waals surface area contributed by atoms with E-state index in [9.17, 15) is 66.3 Å². The summed E-state index contributed by atoms with van der Waals surface area (Å²) in [7, 11) is -25.1. The zero-order chi connectivity index (χ0) is 63.2. The van der Waals surface area contributed by atoms with E-state index in [1.54, 1.807) is 30.3 Å². The zero-order valence-electron chi connectivity index (χ0n) is 50.5. The molecule has 0 aliphatic carbocycles. The van der Waals surface area contributed by atoms with E-state index >= 15 is 0 Å². The van der Waals surface area contributed by atoms with Crippen LogP contribution < -0.4 is 153 Å². The van der Waals surface area contributed by atoms with Crippen LogP contribution >= 0.6 is 0 Å². The van der Waals surface area contributed by atoms with Gasteiger partial charge in [0.05, 0.1) is 52.3 Å². The summed E-state index contributed by atoms with van der Waals surface area (Å²) >= 11 is 0. The summed E-state index contributed by atoms with van der Waals surface area (Å²) in [6.45, 7) is 8.02. The molecule has 8 rings (SSSR count). The Morgan fingerprint density at radius 1 is 0.689 bits per heavy atom. The van der Waals surface area contributed by atoms with Crippen molar-refractivity contribution in [3.63, 3.8) is 0 Å². The second kappa shape index (κ2) is 35.7. The summed E-state index contributed by atoms with van der Waals surface area (Å²) in [6, 6.07) is 24.8. The number of hydroxylamine groups is 2. The fraction of sp³-hybridized carbons (Fsp3) is 0.333. The van der Waals surface area contributed by atoms with Gasteiger partial charge in [-0.1, -0.05) is 61.2 Å². The number of amides is 2. The van der Waals surface area contributed by atoms with E-state index in [0.717, 1.165) is 12.1 Å². The minimum Gasteiger partial charge on any atom is -0.754 e. The van der Waals surface area contributed by atoms with Crippen molar-refractivity contribution >= 4 is 124 Å². The normalized spacial score (nSPS) is 15.4. The zero-order valence-corrected chi connectivity index (χ0v) is 65.4. The predicted octanol–water partition coefficient (Wildman–Crippen LogP) is -10.7. The molecule has 1 saturated heterocycles. The van der Waals surface area contributed by atoms with Crippen LogP contribution in [0.3, 0.4) is 0 Å². The Bertz CT molecular complexity index is 4360. The molecule has 5 aromatic rings. The number of allylic oxidation sites excluding steroid dienone is 6. The van der Waals surface area contributed by atoms with Crippen molar-refractivity contribution in [3.05, 3.63) is 137 Å². The molecule has 0 aromatic heterocycles. The number of carbonyl (C=O) groups excluding carboxylic acids is 3. The maximum atomic E-state index is 12.9. The second-order valence-corrected chi connectivity index (χ2v) is 27.0. The van der Waals surface area contributed by atoms with Crippen molar-refractivity contribution in [3.8, 4) is 0 Å². The average Bonchev–Trinajstić information content (AvgIpc) is 1.59. The van der Waals surface area contributed by atoms with E-state index in [4.69, 9.17) is 30.1 Å². The number of imide groups is 1. The Morgan fingerprint density at radius 3 is 1.84 bits per heavy atom. The maximum Gasteiger partial charge on any atom is 1.00 e. The third-order valence-corrected chi connectivity index (χ3v) is 17.3. The standard InChI is InChI=1S/C54H56N3O16S4.5Na.2O3S/c1-53(2)46(56(30-6-8-32-75(64,65)66)44-23-21-40-41(51(44)53)13-10-14-45(40)77(70,71)72)24-18-36(38-12-9-11-35(33-38)15-28-50(60)73-57-48(58)26-27-49(57)59)19-25-47-54(3,4)52-42-34-39(76(67,68)69)20-16-37(42)17-22-43(52)55(47)29-5-7-31-74(61,62)63;;;;;;2*1-4(2)3/h9,11-14,17-25,33-34H,5-8,15,26-32H2,1-4H3,(H,61,62,63)(H,64,65,66)(H,67,68,69)(H,70,71,72);;;;;;;/q-1;5*+1;;/p-4. The summed E-state index contributed by atoms with van der Waals surface area (Å²) in [5, 5.41) is 2.05. The first-order valence-electron chi connectivity index (χ1n) is 25.4. The van der Waals surface area contributed by atoms with Crippen molar-refractivity contribution < 1.29 is 249 Å². The monoisotopic (exact) mass is 1400 g/mol. The average molecular weight is 1400 g/mol. The third-order valence-electron chi connectivity index (χ3n) is 14.0. The third kappa shape index (κ3) is 22.7. The van der Waals surface area contributed by atoms with Crippen molar-refractivity contribution in [1.29, 1.82) is 0 Å². The Balaban J connectivity index is 0.00000294. The number of rotatable bonds is 20. The van der Waals surface area contributed by atoms with Crippen LogP contribution in [0.2, 0.25) is 0 Å². The summed E-state index contributed by atoms with van der Waals surface area (Å²) in [5.41, 5.74) is 3.80. The smallest absolute Gasteiger partial charge is 0.754 e. The van der Waals surface area contributed by atoms with Gasteiger partial charge in [0.2, 0.25) is 0 Å². The van der Waals surface area contributed by atoms with Gasteiger partial charge in [-0.05, 0) is 90.3 Å². The van der Waals surface area contributed by atoms with Gasteiger partial charge >= 0.3 is 175 Å².